The van der Waals surface area contributed by atoms with E-state index in [0.29, 0.717) is 11.1 Å². The van der Waals surface area contributed by atoms with Crippen molar-refractivity contribution in [2.75, 3.05) is 13.2 Å². The second-order valence-corrected chi connectivity index (χ2v) is 18.6. The Hall–Kier alpha value is -3.54. The Morgan fingerprint density at radius 2 is 1.28 bits per heavy atom. The number of nitrogens with zero attached hydrogens (tertiary/aromatic N) is 2. The molecule has 0 amide bonds. The first kappa shape index (κ1) is 37.9. The fourth-order valence-corrected chi connectivity index (χ4v) is 6.78. The van der Waals surface area contributed by atoms with E-state index in [1.165, 1.54) is 21.5 Å². The molecule has 0 spiro atoms. The highest BCUT2D eigenvalue weighted by atomic mass is 28.4. The van der Waals surface area contributed by atoms with Crippen molar-refractivity contribution in [3.05, 3.63) is 65.2 Å². The van der Waals surface area contributed by atoms with Gasteiger partial charge in [-0.05, 0) is 32.0 Å². The minimum absolute atomic E-state index is 0.0635. The maximum atomic E-state index is 12.3. The third kappa shape index (κ3) is 6.89. The van der Waals surface area contributed by atoms with Gasteiger partial charge in [0.2, 0.25) is 0 Å². The summed E-state index contributed by atoms with van der Waals surface area (Å²) in [7, 11) is -2.23. The highest BCUT2D eigenvalue weighted by Crippen LogP contribution is 2.47. The van der Waals surface area contributed by atoms with E-state index in [1.54, 1.807) is 20.8 Å². The van der Waals surface area contributed by atoms with Gasteiger partial charge in [-0.1, -0.05) is 46.5 Å². The molecule has 0 aliphatic carbocycles. The lowest BCUT2D eigenvalue weighted by atomic mass is 9.92. The van der Waals surface area contributed by atoms with Crippen LogP contribution in [-0.2, 0) is 13.9 Å². The number of aromatic amines is 2. The molecule has 8 unspecified atom stereocenters. The van der Waals surface area contributed by atoms with Gasteiger partial charge in [-0.15, -0.1) is 12.8 Å². The third-order valence-electron chi connectivity index (χ3n) is 9.50. The summed E-state index contributed by atoms with van der Waals surface area (Å²) >= 11 is 0. The molecule has 47 heavy (non-hydrogen) atoms. The lowest BCUT2D eigenvalue weighted by Gasteiger charge is -2.42. The van der Waals surface area contributed by atoms with E-state index in [9.17, 15) is 34.5 Å². The normalized spacial score (nSPS) is 30.7. The van der Waals surface area contributed by atoms with E-state index in [2.05, 4.69) is 55.7 Å². The van der Waals surface area contributed by atoms with E-state index in [1.807, 2.05) is 6.92 Å². The summed E-state index contributed by atoms with van der Waals surface area (Å²) < 4.78 is 20.6. The van der Waals surface area contributed by atoms with Crippen molar-refractivity contribution < 1.29 is 29.2 Å². The number of ether oxygens (including phenoxy) is 2. The van der Waals surface area contributed by atoms with Crippen LogP contribution < -0.4 is 22.5 Å². The zero-order chi connectivity index (χ0) is 35.9. The average Bonchev–Trinajstić information content (AvgIpc) is 3.42. The van der Waals surface area contributed by atoms with Crippen LogP contribution in [0.4, 0.5) is 0 Å². The number of nitrogens with one attached hydrogen (secondary N) is 2. The van der Waals surface area contributed by atoms with E-state index < -0.39 is 85.8 Å². The molecule has 14 nitrogen and oxygen atoms in total. The number of aromatic nitrogens is 4. The first-order chi connectivity index (χ1) is 21.7. The quantitative estimate of drug-likeness (QED) is 0.213. The molecule has 0 bridgehead atoms. The molecule has 2 aliphatic heterocycles. The summed E-state index contributed by atoms with van der Waals surface area (Å²) in [4.78, 5) is 51.7. The molecule has 2 aromatic rings. The lowest BCUT2D eigenvalue weighted by Crippen LogP contribution is -2.53. The molecule has 2 saturated heterocycles. The number of rotatable bonds is 6. The van der Waals surface area contributed by atoms with Crippen LogP contribution in [0, 0.1) is 50.4 Å². The predicted molar refractivity (Wildman–Crippen MR) is 176 cm³/mol. The molecule has 0 saturated carbocycles. The van der Waals surface area contributed by atoms with Crippen LogP contribution in [-0.4, -0.2) is 79.4 Å². The van der Waals surface area contributed by atoms with Crippen LogP contribution in [0.25, 0.3) is 0 Å². The Labute approximate surface area is 273 Å². The Kier molecular flexibility index (Phi) is 10.9. The van der Waals surface area contributed by atoms with Crippen LogP contribution in [0.5, 0.6) is 0 Å². The van der Waals surface area contributed by atoms with Crippen molar-refractivity contribution in [3.8, 4) is 24.7 Å². The van der Waals surface area contributed by atoms with Gasteiger partial charge in [0.25, 0.3) is 11.1 Å². The smallest absolute Gasteiger partial charge is 0.330 e. The fraction of sp³-hybridized carbons (Fsp3) is 0.625. The summed E-state index contributed by atoms with van der Waals surface area (Å²) in [6.07, 6.45) is 10.5. The Morgan fingerprint density at radius 3 is 1.64 bits per heavy atom. The number of hydrogen-bond acceptors (Lipinski definition) is 10. The van der Waals surface area contributed by atoms with E-state index >= 15 is 0 Å². The van der Waals surface area contributed by atoms with Gasteiger partial charge >= 0.3 is 11.4 Å². The highest BCUT2D eigenvalue weighted by molar-refractivity contribution is 6.74. The first-order valence-electron chi connectivity index (χ1n) is 15.2. The maximum absolute atomic E-state index is 12.3. The van der Waals surface area contributed by atoms with E-state index in [0.717, 1.165) is 0 Å². The predicted octanol–water partition coefficient (Wildman–Crippen LogP) is 0.500. The Morgan fingerprint density at radius 1 is 0.872 bits per heavy atom. The zero-order valence-electron chi connectivity index (χ0n) is 28.3. The second kappa shape index (κ2) is 13.5. The minimum Gasteiger partial charge on any atom is -0.409 e. The number of aliphatic hydroxyl groups is 3. The van der Waals surface area contributed by atoms with Gasteiger partial charge in [-0.3, -0.25) is 28.7 Å². The molecule has 258 valence electrons. The van der Waals surface area contributed by atoms with Gasteiger partial charge in [0, 0.05) is 35.4 Å². The average molecular weight is 675 g/mol. The second-order valence-electron chi connectivity index (χ2n) is 13.8. The van der Waals surface area contributed by atoms with Crippen molar-refractivity contribution >= 4 is 8.32 Å². The largest absolute Gasteiger partial charge is 0.409 e. The molecule has 0 radical (unpaired) electrons. The zero-order valence-corrected chi connectivity index (χ0v) is 29.3. The summed E-state index contributed by atoms with van der Waals surface area (Å²) in [5.41, 5.74) is -4.36. The van der Waals surface area contributed by atoms with Gasteiger partial charge in [0.05, 0.1) is 19.3 Å². The number of H-pyrrole nitrogens is 2. The topological polar surface area (TPSA) is 198 Å². The monoisotopic (exact) mass is 674 g/mol. The lowest BCUT2D eigenvalue weighted by molar-refractivity contribution is -0.0919. The number of aliphatic hydroxyl groups excluding tert-OH is 3. The minimum atomic E-state index is -2.23. The summed E-state index contributed by atoms with van der Waals surface area (Å²) in [5.74, 6) is 3.97. The van der Waals surface area contributed by atoms with E-state index in [-0.39, 0.29) is 11.0 Å². The van der Waals surface area contributed by atoms with Crippen LogP contribution >= 0.6 is 0 Å². The third-order valence-corrected chi connectivity index (χ3v) is 14.0. The number of hydrogen-bond donors (Lipinski definition) is 5. The maximum Gasteiger partial charge on any atom is 0.330 e. The van der Waals surface area contributed by atoms with Crippen LogP contribution in [0.3, 0.4) is 0 Å². The number of aryl methyl sites for hydroxylation is 2. The Balaban J connectivity index is 0.000000267. The summed E-state index contributed by atoms with van der Waals surface area (Å²) in [6, 6.07) is 0. The van der Waals surface area contributed by atoms with Gasteiger partial charge in [0.15, 0.2) is 19.5 Å². The molecule has 4 heterocycles. The highest BCUT2D eigenvalue weighted by Gasteiger charge is 2.57. The van der Waals surface area contributed by atoms with Crippen LogP contribution in [0.2, 0.25) is 18.1 Å². The van der Waals surface area contributed by atoms with Gasteiger partial charge in [-0.25, -0.2) is 9.59 Å². The SMILES string of the molecule is C#CC1(CO)OC(n2cc(C)c(=O)[nH]c2=O)C(C)C1O.C#CC1(CO)OC(n2cc(C)c(=O)[nH]c2=O)C(C)C1O[Si](C)(C)C(C)(C)C. The summed E-state index contributed by atoms with van der Waals surface area (Å²) in [6.45, 7) is 16.2. The van der Waals surface area contributed by atoms with Crippen molar-refractivity contribution in [1.29, 1.82) is 0 Å². The molecular weight excluding hydrogens is 628 g/mol. The number of terminal acetylenes is 2. The molecule has 5 N–H and O–H groups in total. The molecule has 4 rings (SSSR count). The molecule has 2 fully saturated rings. The molecular formula is C32H46N4O10Si. The van der Waals surface area contributed by atoms with Gasteiger partial charge < -0.3 is 29.2 Å². The van der Waals surface area contributed by atoms with Crippen molar-refractivity contribution in [2.45, 2.75) is 102 Å². The standard InChI is InChI=1S/C19H30N2O5Si.C13H16N2O5/c1-9-19(11-22)14(26-27(7,8)18(4,5)6)13(3)16(25-19)21-10-12(2)15(23)20-17(21)24;1-4-13(6-16)9(17)8(3)11(20-13)15-5-7(2)10(18)14-12(15)19/h1,10,13-14,16,22H,11H2,2-8H3,(H,20,23,24);1,5,8-9,11,16-17H,6H2,2-3H3,(H,14,18,19). The van der Waals surface area contributed by atoms with Crippen LogP contribution in [0.15, 0.2) is 31.6 Å². The molecule has 0 aromatic carbocycles. The Bertz CT molecular complexity index is 1790. The van der Waals surface area contributed by atoms with Crippen molar-refractivity contribution in [2.24, 2.45) is 11.8 Å². The molecule has 15 heteroatoms. The fourth-order valence-electron chi connectivity index (χ4n) is 5.39. The van der Waals surface area contributed by atoms with Crippen LogP contribution in [0.1, 0.15) is 58.2 Å². The van der Waals surface area contributed by atoms with Crippen molar-refractivity contribution in [3.63, 3.8) is 0 Å². The van der Waals surface area contributed by atoms with E-state index in [4.69, 9.17) is 26.7 Å². The summed E-state index contributed by atoms with van der Waals surface area (Å²) in [5, 5.41) is 29.5. The van der Waals surface area contributed by atoms with Crippen molar-refractivity contribution in [1.82, 2.24) is 19.1 Å². The first-order valence-corrected chi connectivity index (χ1v) is 18.1. The molecule has 2 aromatic heterocycles. The van der Waals surface area contributed by atoms with Gasteiger partial charge in [-0.2, -0.15) is 0 Å². The molecule has 2 aliphatic rings. The van der Waals surface area contributed by atoms with Gasteiger partial charge in [0.1, 0.15) is 18.6 Å². The molecule has 8 atom stereocenters.